The fourth-order valence-corrected chi connectivity index (χ4v) is 5.13. The molecule has 0 aliphatic carbocycles. The molecule has 3 aliphatic heterocycles. The Morgan fingerprint density at radius 1 is 0.969 bits per heavy atom. The van der Waals surface area contributed by atoms with Gasteiger partial charge >= 0.3 is 0 Å². The molecule has 0 amide bonds. The van der Waals surface area contributed by atoms with Crippen LogP contribution in [-0.4, -0.2) is 73.1 Å². The van der Waals surface area contributed by atoms with E-state index in [1.54, 1.807) is 0 Å². The van der Waals surface area contributed by atoms with Crippen molar-refractivity contribution >= 4 is 29.1 Å². The molecule has 0 radical (unpaired) electrons. The predicted octanol–water partition coefficient (Wildman–Crippen LogP) is 3.40. The summed E-state index contributed by atoms with van der Waals surface area (Å²) in [5.41, 5.74) is 4.90. The van der Waals surface area contributed by atoms with Crippen molar-refractivity contribution in [1.82, 2.24) is 15.1 Å². The van der Waals surface area contributed by atoms with Crippen LogP contribution in [0.1, 0.15) is 17.2 Å². The summed E-state index contributed by atoms with van der Waals surface area (Å²) in [5, 5.41) is 4.09. The Labute approximate surface area is 195 Å². The van der Waals surface area contributed by atoms with Gasteiger partial charge in [0.2, 0.25) is 0 Å². The summed E-state index contributed by atoms with van der Waals surface area (Å²) in [6.45, 7) is 7.73. The summed E-state index contributed by atoms with van der Waals surface area (Å²) in [6.07, 6.45) is 2.29. The van der Waals surface area contributed by atoms with Crippen molar-refractivity contribution in [2.45, 2.75) is 6.04 Å². The number of benzene rings is 2. The van der Waals surface area contributed by atoms with Crippen LogP contribution in [-0.2, 0) is 4.74 Å². The first kappa shape index (κ1) is 21.5. The van der Waals surface area contributed by atoms with Gasteiger partial charge in [0.25, 0.3) is 0 Å². The number of rotatable bonds is 5. The Balaban J connectivity index is 1.44. The Morgan fingerprint density at radius 3 is 2.41 bits per heavy atom. The van der Waals surface area contributed by atoms with Crippen molar-refractivity contribution < 1.29 is 4.74 Å². The molecular formula is C26H30N4OS. The van der Waals surface area contributed by atoms with Gasteiger partial charge in [0.05, 0.1) is 25.0 Å². The summed E-state index contributed by atoms with van der Waals surface area (Å²) in [7, 11) is 0. The highest BCUT2D eigenvalue weighted by molar-refractivity contribution is 7.80. The summed E-state index contributed by atoms with van der Waals surface area (Å²) in [5.74, 6) is 0.262. The van der Waals surface area contributed by atoms with E-state index in [1.165, 1.54) is 16.7 Å². The number of nitrogens with one attached hydrogen (secondary N) is 1. The topological polar surface area (TPSA) is 40.1 Å². The normalized spacial score (nSPS) is 25.8. The summed E-state index contributed by atoms with van der Waals surface area (Å²) < 4.78 is 5.52. The molecule has 2 aromatic rings. The molecule has 0 spiro atoms. The maximum atomic E-state index is 5.58. The molecule has 0 aromatic heterocycles. The Hall–Kier alpha value is -2.38. The van der Waals surface area contributed by atoms with E-state index in [9.17, 15) is 0 Å². The first-order chi connectivity index (χ1) is 15.8. The van der Waals surface area contributed by atoms with Gasteiger partial charge in [-0.3, -0.25) is 9.80 Å². The van der Waals surface area contributed by atoms with Crippen LogP contribution in [0, 0.1) is 5.92 Å². The molecular weight excluding hydrogens is 416 g/mol. The zero-order valence-corrected chi connectivity index (χ0v) is 19.1. The second kappa shape index (κ2) is 10.0. The Bertz CT molecular complexity index is 985. The van der Waals surface area contributed by atoms with E-state index >= 15 is 0 Å². The fraction of sp³-hybridized carbons (Fsp3) is 0.385. The van der Waals surface area contributed by atoms with E-state index in [-0.39, 0.29) is 12.0 Å². The first-order valence-corrected chi connectivity index (χ1v) is 11.9. The lowest BCUT2D eigenvalue weighted by atomic mass is 9.81. The molecule has 166 valence electrons. The third-order valence-electron chi connectivity index (χ3n) is 6.57. The van der Waals surface area contributed by atoms with Crippen LogP contribution < -0.4 is 5.32 Å². The van der Waals surface area contributed by atoms with Crippen molar-refractivity contribution in [2.24, 2.45) is 10.9 Å². The molecule has 2 unspecified atom stereocenters. The summed E-state index contributed by atoms with van der Waals surface area (Å²) in [4.78, 5) is 9.95. The number of morpholine rings is 1. The Morgan fingerprint density at radius 2 is 1.66 bits per heavy atom. The largest absolute Gasteiger partial charge is 0.379 e. The van der Waals surface area contributed by atoms with Crippen LogP contribution >= 0.6 is 12.2 Å². The van der Waals surface area contributed by atoms with Crippen molar-refractivity contribution in [3.05, 3.63) is 77.4 Å². The highest BCUT2D eigenvalue weighted by Crippen LogP contribution is 2.34. The van der Waals surface area contributed by atoms with Crippen LogP contribution in [0.2, 0.25) is 0 Å². The number of hydrogen-bond acceptors (Lipinski definition) is 4. The van der Waals surface area contributed by atoms with E-state index in [4.69, 9.17) is 21.9 Å². The van der Waals surface area contributed by atoms with Gasteiger partial charge in [-0.1, -0.05) is 60.7 Å². The fourth-order valence-electron chi connectivity index (χ4n) is 4.91. The van der Waals surface area contributed by atoms with E-state index in [0.29, 0.717) is 5.11 Å². The maximum Gasteiger partial charge on any atom is 0.193 e. The van der Waals surface area contributed by atoms with Gasteiger partial charge in [0.15, 0.2) is 5.11 Å². The van der Waals surface area contributed by atoms with Gasteiger partial charge in [-0.2, -0.15) is 0 Å². The van der Waals surface area contributed by atoms with Crippen molar-refractivity contribution in [3.63, 3.8) is 0 Å². The van der Waals surface area contributed by atoms with Crippen LogP contribution in [0.15, 0.2) is 71.2 Å². The van der Waals surface area contributed by atoms with E-state index in [0.717, 1.165) is 58.2 Å². The average Bonchev–Trinajstić information content (AvgIpc) is 2.84. The molecule has 3 aliphatic rings. The van der Waals surface area contributed by atoms with Crippen LogP contribution in [0.5, 0.6) is 0 Å². The number of likely N-dealkylation sites (tertiary alicyclic amines) is 1. The number of hydrogen-bond donors (Lipinski definition) is 1. The summed E-state index contributed by atoms with van der Waals surface area (Å²) in [6, 6.07) is 21.3. The van der Waals surface area contributed by atoms with Gasteiger partial charge in [-0.15, -0.1) is 0 Å². The lowest BCUT2D eigenvalue weighted by molar-refractivity contribution is 0.0330. The second-order valence-electron chi connectivity index (χ2n) is 8.71. The molecule has 1 N–H and O–H groups in total. The number of fused-ring (bicyclic) bond motifs is 1. The van der Waals surface area contributed by atoms with E-state index in [2.05, 4.69) is 81.9 Å². The third-order valence-corrected chi connectivity index (χ3v) is 6.78. The number of aliphatic imine (C=N–C) groups is 1. The van der Waals surface area contributed by atoms with Gasteiger partial charge in [-0.25, -0.2) is 4.99 Å². The molecule has 3 heterocycles. The minimum absolute atomic E-state index is 0.140. The smallest absolute Gasteiger partial charge is 0.193 e. The zero-order valence-electron chi connectivity index (χ0n) is 18.3. The monoisotopic (exact) mass is 446 g/mol. The average molecular weight is 447 g/mol. The molecule has 5 rings (SSSR count). The minimum atomic E-state index is 0.140. The molecule has 2 atom stereocenters. The zero-order chi connectivity index (χ0) is 21.8. The number of piperidine rings is 1. The van der Waals surface area contributed by atoms with Gasteiger partial charge < -0.3 is 10.1 Å². The molecule has 0 bridgehead atoms. The molecule has 0 saturated carbocycles. The molecule has 2 fully saturated rings. The van der Waals surface area contributed by atoms with Gasteiger partial charge in [0, 0.05) is 45.2 Å². The number of ether oxygens (including phenoxy) is 1. The van der Waals surface area contributed by atoms with Gasteiger partial charge in [-0.05, 0) is 35.0 Å². The van der Waals surface area contributed by atoms with Crippen LogP contribution in [0.25, 0.3) is 6.08 Å². The third kappa shape index (κ3) is 4.99. The quantitative estimate of drug-likeness (QED) is 0.713. The SMILES string of the molecule is S=C1N=C2/C(=C/c3ccccc3)CN(CCN3CCOCC3)CC2C(c2ccccc2)N1. The van der Waals surface area contributed by atoms with E-state index < -0.39 is 0 Å². The van der Waals surface area contributed by atoms with Crippen molar-refractivity contribution in [2.75, 3.05) is 52.5 Å². The lowest BCUT2D eigenvalue weighted by Gasteiger charge is -2.43. The lowest BCUT2D eigenvalue weighted by Crippen LogP contribution is -2.53. The standard InChI is InChI=1S/C26H30N4OS/c32-26-27-24(21-9-5-2-6-10-21)23-19-30(12-11-29-13-15-31-16-14-29)18-22(25(23)28-26)17-20-7-3-1-4-8-20/h1-10,17,23-24H,11-16,18-19H2,(H,27,32)/b22-17+. The molecule has 5 nitrogen and oxygen atoms in total. The maximum absolute atomic E-state index is 5.58. The van der Waals surface area contributed by atoms with E-state index in [1.807, 2.05) is 0 Å². The second-order valence-corrected chi connectivity index (χ2v) is 9.10. The Kier molecular flexibility index (Phi) is 6.74. The number of nitrogens with zero attached hydrogens (tertiary/aromatic N) is 3. The molecule has 2 aromatic carbocycles. The number of thiocarbonyl (C=S) groups is 1. The predicted molar refractivity (Wildman–Crippen MR) is 134 cm³/mol. The van der Waals surface area contributed by atoms with Gasteiger partial charge in [0.1, 0.15) is 0 Å². The summed E-state index contributed by atoms with van der Waals surface area (Å²) >= 11 is 5.58. The van der Waals surface area contributed by atoms with Crippen LogP contribution in [0.3, 0.4) is 0 Å². The first-order valence-electron chi connectivity index (χ1n) is 11.5. The van der Waals surface area contributed by atoms with Crippen molar-refractivity contribution in [1.29, 1.82) is 0 Å². The molecule has 2 saturated heterocycles. The molecule has 32 heavy (non-hydrogen) atoms. The highest BCUT2D eigenvalue weighted by atomic mass is 32.1. The van der Waals surface area contributed by atoms with Crippen LogP contribution in [0.4, 0.5) is 0 Å². The molecule has 6 heteroatoms. The highest BCUT2D eigenvalue weighted by Gasteiger charge is 2.38. The van der Waals surface area contributed by atoms with Crippen molar-refractivity contribution in [3.8, 4) is 0 Å². The minimum Gasteiger partial charge on any atom is -0.379 e.